The molecule has 0 N–H and O–H groups in total. The summed E-state index contributed by atoms with van der Waals surface area (Å²) < 4.78 is 18.8. The van der Waals surface area contributed by atoms with E-state index in [9.17, 15) is 4.79 Å². The van der Waals surface area contributed by atoms with Crippen LogP contribution in [0.5, 0.6) is 0 Å². The highest BCUT2D eigenvalue weighted by molar-refractivity contribution is 6.62. The SMILES string of the molecule is CC(C)(C)OC(=O)n1ccc(-c2cccc(B3OC(C)(C)C(C)(C)O3)c2)n1. The minimum absolute atomic E-state index is 0.397. The molecule has 0 atom stereocenters. The second kappa shape index (κ2) is 6.50. The summed E-state index contributed by atoms with van der Waals surface area (Å²) in [7, 11) is -0.442. The summed E-state index contributed by atoms with van der Waals surface area (Å²) in [6, 6.07) is 9.60. The number of benzene rings is 1. The monoisotopic (exact) mass is 370 g/mol. The molecule has 2 aromatic rings. The minimum atomic E-state index is -0.570. The molecule has 0 spiro atoms. The van der Waals surface area contributed by atoms with Gasteiger partial charge in [-0.2, -0.15) is 9.78 Å². The highest BCUT2D eigenvalue weighted by Crippen LogP contribution is 2.36. The van der Waals surface area contributed by atoms with Gasteiger partial charge in [0.05, 0.1) is 16.9 Å². The van der Waals surface area contributed by atoms with Crippen molar-refractivity contribution in [1.82, 2.24) is 9.78 Å². The third kappa shape index (κ3) is 4.09. The lowest BCUT2D eigenvalue weighted by atomic mass is 9.78. The van der Waals surface area contributed by atoms with Crippen LogP contribution in [0, 0.1) is 0 Å². The average molecular weight is 370 g/mol. The maximum absolute atomic E-state index is 12.2. The van der Waals surface area contributed by atoms with Gasteiger partial charge in [0.1, 0.15) is 5.60 Å². The lowest BCUT2D eigenvalue weighted by Crippen LogP contribution is -2.41. The van der Waals surface area contributed by atoms with Gasteiger partial charge in [0.2, 0.25) is 0 Å². The van der Waals surface area contributed by atoms with E-state index in [1.165, 1.54) is 4.68 Å². The number of hydrogen-bond acceptors (Lipinski definition) is 5. The second-order valence-corrected chi connectivity index (χ2v) is 8.84. The highest BCUT2D eigenvalue weighted by atomic mass is 16.7. The molecule has 0 unspecified atom stereocenters. The van der Waals surface area contributed by atoms with E-state index >= 15 is 0 Å². The predicted molar refractivity (Wildman–Crippen MR) is 105 cm³/mol. The lowest BCUT2D eigenvalue weighted by molar-refractivity contribution is 0.00578. The molecule has 144 valence electrons. The van der Waals surface area contributed by atoms with Crippen LogP contribution >= 0.6 is 0 Å². The molecule has 7 heteroatoms. The Hall–Kier alpha value is -2.12. The van der Waals surface area contributed by atoms with Gasteiger partial charge in [-0.15, -0.1) is 0 Å². The normalized spacial score (nSPS) is 18.6. The number of carbonyl (C=O) groups excluding carboxylic acids is 1. The van der Waals surface area contributed by atoms with E-state index < -0.39 is 30.0 Å². The van der Waals surface area contributed by atoms with Crippen molar-refractivity contribution in [1.29, 1.82) is 0 Å². The first-order chi connectivity index (χ1) is 12.4. The fourth-order valence-electron chi connectivity index (χ4n) is 2.71. The van der Waals surface area contributed by atoms with E-state index in [1.54, 1.807) is 12.3 Å². The van der Waals surface area contributed by atoms with Crippen molar-refractivity contribution in [3.63, 3.8) is 0 Å². The molecule has 3 rings (SSSR count). The molecule has 0 saturated carbocycles. The van der Waals surface area contributed by atoms with Gasteiger partial charge in [-0.25, -0.2) is 4.79 Å². The standard InChI is InChI=1S/C20H27BN2O4/c1-18(2,3)25-17(24)23-12-11-16(22-23)14-9-8-10-15(13-14)21-26-19(4,5)20(6,7)27-21/h8-13H,1-7H3. The molecule has 1 aromatic heterocycles. The summed E-state index contributed by atoms with van der Waals surface area (Å²) in [6.45, 7) is 13.6. The van der Waals surface area contributed by atoms with Crippen molar-refractivity contribution >= 4 is 18.7 Å². The molecule has 6 nitrogen and oxygen atoms in total. The molecule has 1 aromatic carbocycles. The summed E-state index contributed by atoms with van der Waals surface area (Å²) in [4.78, 5) is 12.2. The van der Waals surface area contributed by atoms with Crippen molar-refractivity contribution in [3.8, 4) is 11.3 Å². The van der Waals surface area contributed by atoms with Crippen LogP contribution in [0.15, 0.2) is 36.5 Å². The van der Waals surface area contributed by atoms with Crippen LogP contribution in [0.25, 0.3) is 11.3 Å². The molecule has 0 amide bonds. The van der Waals surface area contributed by atoms with E-state index in [0.717, 1.165) is 11.0 Å². The van der Waals surface area contributed by atoms with Crippen molar-refractivity contribution in [2.75, 3.05) is 0 Å². The molecule has 1 aliphatic heterocycles. The molecule has 0 radical (unpaired) electrons. The van der Waals surface area contributed by atoms with Crippen LogP contribution in [0.3, 0.4) is 0 Å². The largest absolute Gasteiger partial charge is 0.494 e. The fraction of sp³-hybridized carbons (Fsp3) is 0.500. The van der Waals surface area contributed by atoms with E-state index in [-0.39, 0.29) is 0 Å². The summed E-state index contributed by atoms with van der Waals surface area (Å²) in [5.74, 6) is 0. The molecule has 27 heavy (non-hydrogen) atoms. The van der Waals surface area contributed by atoms with Gasteiger partial charge in [0, 0.05) is 11.8 Å². The topological polar surface area (TPSA) is 62.6 Å². The Morgan fingerprint density at radius 3 is 2.33 bits per heavy atom. The zero-order chi connectivity index (χ0) is 20.0. The quantitative estimate of drug-likeness (QED) is 0.756. The Morgan fingerprint density at radius 1 is 1.11 bits per heavy atom. The molecular formula is C20H27BN2O4. The van der Waals surface area contributed by atoms with Crippen molar-refractivity contribution in [2.45, 2.75) is 65.3 Å². The number of aromatic nitrogens is 2. The smallest absolute Gasteiger partial charge is 0.442 e. The van der Waals surface area contributed by atoms with Gasteiger partial charge in [-0.05, 0) is 60.0 Å². The van der Waals surface area contributed by atoms with Gasteiger partial charge < -0.3 is 14.0 Å². The Kier molecular flexibility index (Phi) is 4.72. The lowest BCUT2D eigenvalue weighted by Gasteiger charge is -2.32. The van der Waals surface area contributed by atoms with Crippen LogP contribution in [0.2, 0.25) is 0 Å². The van der Waals surface area contributed by atoms with Crippen LogP contribution in [0.4, 0.5) is 4.79 Å². The number of ether oxygens (including phenoxy) is 1. The number of nitrogens with zero attached hydrogens (tertiary/aromatic N) is 2. The molecule has 0 aliphatic carbocycles. The Morgan fingerprint density at radius 2 is 1.74 bits per heavy atom. The fourth-order valence-corrected chi connectivity index (χ4v) is 2.71. The zero-order valence-electron chi connectivity index (χ0n) is 17.1. The third-order valence-electron chi connectivity index (χ3n) is 4.88. The van der Waals surface area contributed by atoms with Crippen LogP contribution in [-0.2, 0) is 14.0 Å². The van der Waals surface area contributed by atoms with E-state index in [0.29, 0.717) is 5.69 Å². The maximum atomic E-state index is 12.2. The number of carbonyl (C=O) groups is 1. The first kappa shape index (κ1) is 19.6. The molecule has 2 heterocycles. The molecule has 1 aliphatic rings. The van der Waals surface area contributed by atoms with Gasteiger partial charge in [-0.3, -0.25) is 0 Å². The Balaban J connectivity index is 1.82. The molecule has 1 saturated heterocycles. The summed E-state index contributed by atoms with van der Waals surface area (Å²) in [5.41, 5.74) is 1.11. The van der Waals surface area contributed by atoms with E-state index in [2.05, 4.69) is 5.10 Å². The van der Waals surface area contributed by atoms with Crippen molar-refractivity contribution in [2.24, 2.45) is 0 Å². The maximum Gasteiger partial charge on any atom is 0.494 e. The predicted octanol–water partition coefficient (Wildman–Crippen LogP) is 3.63. The minimum Gasteiger partial charge on any atom is -0.442 e. The summed E-state index contributed by atoms with van der Waals surface area (Å²) in [6.07, 6.45) is 1.10. The zero-order valence-corrected chi connectivity index (χ0v) is 17.1. The van der Waals surface area contributed by atoms with Gasteiger partial charge in [0.15, 0.2) is 0 Å². The third-order valence-corrected chi connectivity index (χ3v) is 4.88. The Bertz CT molecular complexity index is 836. The molecule has 1 fully saturated rings. The van der Waals surface area contributed by atoms with Gasteiger partial charge >= 0.3 is 13.2 Å². The number of rotatable bonds is 2. The second-order valence-electron chi connectivity index (χ2n) is 8.84. The summed E-state index contributed by atoms with van der Waals surface area (Å²) >= 11 is 0. The first-order valence-electron chi connectivity index (χ1n) is 9.13. The van der Waals surface area contributed by atoms with Crippen LogP contribution < -0.4 is 5.46 Å². The van der Waals surface area contributed by atoms with Gasteiger partial charge in [-0.1, -0.05) is 24.3 Å². The number of hydrogen-bond donors (Lipinski definition) is 0. The molecule has 0 bridgehead atoms. The Labute approximate surface area is 160 Å². The molecular weight excluding hydrogens is 343 g/mol. The van der Waals surface area contributed by atoms with Crippen molar-refractivity contribution in [3.05, 3.63) is 36.5 Å². The van der Waals surface area contributed by atoms with Crippen LogP contribution in [0.1, 0.15) is 48.5 Å². The van der Waals surface area contributed by atoms with Gasteiger partial charge in [0.25, 0.3) is 0 Å². The van der Waals surface area contributed by atoms with E-state index in [4.69, 9.17) is 14.0 Å². The highest BCUT2D eigenvalue weighted by Gasteiger charge is 2.51. The van der Waals surface area contributed by atoms with Crippen molar-refractivity contribution < 1.29 is 18.8 Å². The first-order valence-corrected chi connectivity index (χ1v) is 9.13. The summed E-state index contributed by atoms with van der Waals surface area (Å²) in [5, 5.41) is 4.35. The van der Waals surface area contributed by atoms with E-state index in [1.807, 2.05) is 72.7 Å². The average Bonchev–Trinajstić information content (AvgIpc) is 3.09. The van der Waals surface area contributed by atoms with Crippen LogP contribution in [-0.4, -0.2) is 39.8 Å².